The van der Waals surface area contributed by atoms with Crippen LogP contribution in [0.5, 0.6) is 5.75 Å². The van der Waals surface area contributed by atoms with Crippen molar-refractivity contribution in [3.63, 3.8) is 0 Å². The molecule has 0 radical (unpaired) electrons. The standard InChI is InChI=1S/C25H21N5O2/c1-2-6-23(31)32-19-8-5-7-16(14-19)24-28-22-10-4-3-9-20(22)25(29-24)27-18-11-12-21-17(13-18)15-26-30-21/h3-5,7-15H,2,6H2,1H3,(H,26,30)(H,27,28,29). The van der Waals surface area contributed by atoms with E-state index in [2.05, 4.69) is 15.5 Å². The highest BCUT2D eigenvalue weighted by molar-refractivity contribution is 5.93. The van der Waals surface area contributed by atoms with Crippen LogP contribution < -0.4 is 10.1 Å². The van der Waals surface area contributed by atoms with Gasteiger partial charge in [0, 0.05) is 28.4 Å². The lowest BCUT2D eigenvalue weighted by molar-refractivity contribution is -0.134. The van der Waals surface area contributed by atoms with Gasteiger partial charge in [0.2, 0.25) is 0 Å². The van der Waals surface area contributed by atoms with Crippen LogP contribution in [-0.4, -0.2) is 26.1 Å². The maximum absolute atomic E-state index is 11.9. The second-order valence-electron chi connectivity index (χ2n) is 7.46. The number of rotatable bonds is 6. The molecule has 3 aromatic carbocycles. The highest BCUT2D eigenvalue weighted by atomic mass is 16.5. The summed E-state index contributed by atoms with van der Waals surface area (Å²) in [6.07, 6.45) is 2.91. The third-order valence-corrected chi connectivity index (χ3v) is 5.08. The number of para-hydroxylation sites is 1. The molecule has 7 nitrogen and oxygen atoms in total. The molecule has 0 saturated carbocycles. The molecule has 0 aliphatic rings. The first-order valence-corrected chi connectivity index (χ1v) is 10.5. The molecule has 32 heavy (non-hydrogen) atoms. The van der Waals surface area contributed by atoms with Gasteiger partial charge in [-0.2, -0.15) is 5.10 Å². The fourth-order valence-corrected chi connectivity index (χ4v) is 3.54. The Morgan fingerprint density at radius 2 is 1.94 bits per heavy atom. The summed E-state index contributed by atoms with van der Waals surface area (Å²) < 4.78 is 5.44. The summed E-state index contributed by atoms with van der Waals surface area (Å²) in [5.74, 6) is 1.48. The smallest absolute Gasteiger partial charge is 0.311 e. The van der Waals surface area contributed by atoms with Crippen molar-refractivity contribution in [1.29, 1.82) is 0 Å². The molecule has 7 heteroatoms. The number of anilines is 2. The first kappa shape index (κ1) is 19.7. The molecule has 158 valence electrons. The number of aromatic nitrogens is 4. The molecule has 0 aliphatic carbocycles. The predicted molar refractivity (Wildman–Crippen MR) is 125 cm³/mol. The van der Waals surface area contributed by atoms with E-state index < -0.39 is 0 Å². The molecule has 2 heterocycles. The third kappa shape index (κ3) is 4.00. The van der Waals surface area contributed by atoms with Crippen molar-refractivity contribution >= 4 is 39.3 Å². The molecule has 5 aromatic rings. The Morgan fingerprint density at radius 1 is 1.03 bits per heavy atom. The quantitative estimate of drug-likeness (QED) is 0.272. The van der Waals surface area contributed by atoms with Gasteiger partial charge in [-0.3, -0.25) is 9.89 Å². The largest absolute Gasteiger partial charge is 0.427 e. The topological polar surface area (TPSA) is 92.8 Å². The summed E-state index contributed by atoms with van der Waals surface area (Å²) in [5.41, 5.74) is 3.46. The van der Waals surface area contributed by atoms with Crippen LogP contribution >= 0.6 is 0 Å². The summed E-state index contributed by atoms with van der Waals surface area (Å²) in [4.78, 5) is 21.4. The van der Waals surface area contributed by atoms with Gasteiger partial charge in [0.1, 0.15) is 11.6 Å². The molecule has 2 aromatic heterocycles. The zero-order valence-electron chi connectivity index (χ0n) is 17.5. The maximum atomic E-state index is 11.9. The van der Waals surface area contributed by atoms with Crippen LogP contribution in [0.4, 0.5) is 11.5 Å². The fraction of sp³-hybridized carbons (Fsp3) is 0.120. The predicted octanol–water partition coefficient (Wildman–Crippen LogP) is 5.62. The van der Waals surface area contributed by atoms with E-state index in [-0.39, 0.29) is 5.97 Å². The average Bonchev–Trinajstić information content (AvgIpc) is 3.27. The van der Waals surface area contributed by atoms with Gasteiger partial charge in [-0.25, -0.2) is 9.97 Å². The minimum absolute atomic E-state index is 0.249. The second-order valence-corrected chi connectivity index (χ2v) is 7.46. The second kappa shape index (κ2) is 8.47. The summed E-state index contributed by atoms with van der Waals surface area (Å²) >= 11 is 0. The molecule has 0 saturated heterocycles. The van der Waals surface area contributed by atoms with Crippen LogP contribution in [-0.2, 0) is 4.79 Å². The fourth-order valence-electron chi connectivity index (χ4n) is 3.54. The van der Waals surface area contributed by atoms with Gasteiger partial charge in [0.05, 0.1) is 17.2 Å². The number of nitrogens with one attached hydrogen (secondary N) is 2. The van der Waals surface area contributed by atoms with Crippen LogP contribution in [0.15, 0.2) is 72.9 Å². The number of carbonyl (C=O) groups is 1. The van der Waals surface area contributed by atoms with Crippen LogP contribution in [0, 0.1) is 0 Å². The van der Waals surface area contributed by atoms with Gasteiger partial charge in [0.25, 0.3) is 0 Å². The molecular weight excluding hydrogens is 402 g/mol. The molecule has 0 bridgehead atoms. The van der Waals surface area contributed by atoms with E-state index in [4.69, 9.17) is 14.7 Å². The molecule has 5 rings (SSSR count). The number of hydrogen-bond acceptors (Lipinski definition) is 6. The van der Waals surface area contributed by atoms with E-state index >= 15 is 0 Å². The zero-order chi connectivity index (χ0) is 21.9. The summed E-state index contributed by atoms with van der Waals surface area (Å²) in [6, 6.07) is 21.1. The Morgan fingerprint density at radius 3 is 2.84 bits per heavy atom. The van der Waals surface area contributed by atoms with Crippen molar-refractivity contribution < 1.29 is 9.53 Å². The molecule has 0 unspecified atom stereocenters. The van der Waals surface area contributed by atoms with Crippen molar-refractivity contribution in [3.8, 4) is 17.1 Å². The highest BCUT2D eigenvalue weighted by Gasteiger charge is 2.12. The number of fused-ring (bicyclic) bond motifs is 2. The van der Waals surface area contributed by atoms with Gasteiger partial charge >= 0.3 is 5.97 Å². The molecule has 0 amide bonds. The number of hydrogen-bond donors (Lipinski definition) is 2. The van der Waals surface area contributed by atoms with Gasteiger partial charge < -0.3 is 10.1 Å². The number of benzene rings is 3. The first-order chi connectivity index (χ1) is 15.7. The van der Waals surface area contributed by atoms with Crippen LogP contribution in [0.1, 0.15) is 19.8 Å². The molecule has 2 N–H and O–H groups in total. The zero-order valence-corrected chi connectivity index (χ0v) is 17.5. The lowest BCUT2D eigenvalue weighted by Crippen LogP contribution is -2.07. The van der Waals surface area contributed by atoms with Crippen LogP contribution in [0.2, 0.25) is 0 Å². The lowest BCUT2D eigenvalue weighted by Gasteiger charge is -2.12. The highest BCUT2D eigenvalue weighted by Crippen LogP contribution is 2.29. The summed E-state index contributed by atoms with van der Waals surface area (Å²) in [5, 5.41) is 12.4. The average molecular weight is 423 g/mol. The normalized spacial score (nSPS) is 11.0. The van der Waals surface area contributed by atoms with Gasteiger partial charge in [-0.1, -0.05) is 31.2 Å². The summed E-state index contributed by atoms with van der Waals surface area (Å²) in [6.45, 7) is 1.94. The Hall–Kier alpha value is -4.26. The Labute approximate surface area is 184 Å². The van der Waals surface area contributed by atoms with Crippen LogP contribution in [0.3, 0.4) is 0 Å². The number of nitrogens with zero attached hydrogens (tertiary/aromatic N) is 3. The van der Waals surface area contributed by atoms with E-state index in [0.29, 0.717) is 23.8 Å². The number of ether oxygens (including phenoxy) is 1. The molecule has 0 atom stereocenters. The van der Waals surface area contributed by atoms with Gasteiger partial charge in [-0.05, 0) is 48.9 Å². The lowest BCUT2D eigenvalue weighted by atomic mass is 10.1. The minimum atomic E-state index is -0.249. The molecular formula is C25H21N5O2. The van der Waals surface area contributed by atoms with E-state index in [1.165, 1.54) is 0 Å². The number of aromatic amines is 1. The van der Waals surface area contributed by atoms with E-state index in [1.807, 2.05) is 61.5 Å². The third-order valence-electron chi connectivity index (χ3n) is 5.08. The van der Waals surface area contributed by atoms with Crippen molar-refractivity contribution in [2.24, 2.45) is 0 Å². The SMILES string of the molecule is CCCC(=O)Oc1cccc(-c2nc(Nc3ccc4[nH]ncc4c3)c3ccccc3n2)c1. The monoisotopic (exact) mass is 423 g/mol. The van der Waals surface area contributed by atoms with Crippen molar-refractivity contribution in [3.05, 3.63) is 72.9 Å². The maximum Gasteiger partial charge on any atom is 0.311 e. The van der Waals surface area contributed by atoms with Gasteiger partial charge in [0.15, 0.2) is 5.82 Å². The van der Waals surface area contributed by atoms with Crippen molar-refractivity contribution in [2.75, 3.05) is 5.32 Å². The minimum Gasteiger partial charge on any atom is -0.427 e. The van der Waals surface area contributed by atoms with Crippen molar-refractivity contribution in [1.82, 2.24) is 20.2 Å². The summed E-state index contributed by atoms with van der Waals surface area (Å²) in [7, 11) is 0. The molecule has 0 spiro atoms. The van der Waals surface area contributed by atoms with E-state index in [0.717, 1.165) is 39.5 Å². The van der Waals surface area contributed by atoms with Crippen molar-refractivity contribution in [2.45, 2.75) is 19.8 Å². The first-order valence-electron chi connectivity index (χ1n) is 10.5. The van der Waals surface area contributed by atoms with E-state index in [1.54, 1.807) is 18.3 Å². The van der Waals surface area contributed by atoms with Gasteiger partial charge in [-0.15, -0.1) is 0 Å². The number of esters is 1. The number of carbonyl (C=O) groups excluding carboxylic acids is 1. The van der Waals surface area contributed by atoms with Crippen LogP contribution in [0.25, 0.3) is 33.2 Å². The Balaban J connectivity index is 1.54. The molecule has 0 fully saturated rings. The Bertz CT molecular complexity index is 1430. The van der Waals surface area contributed by atoms with E-state index in [9.17, 15) is 4.79 Å². The number of H-pyrrole nitrogens is 1. The Kier molecular flexibility index (Phi) is 5.21. The molecule has 0 aliphatic heterocycles.